The average molecular weight is 128 g/mol. The van der Waals surface area contributed by atoms with Gasteiger partial charge in [0.05, 0.1) is 12.2 Å². The molecule has 1 aliphatic heterocycles. The van der Waals surface area contributed by atoms with Gasteiger partial charge in [-0.15, -0.1) is 6.58 Å². The third-order valence-corrected chi connectivity index (χ3v) is 1.57. The molecule has 2 nitrogen and oxygen atoms in total. The summed E-state index contributed by atoms with van der Waals surface area (Å²) in [7, 11) is 0. The second kappa shape index (κ2) is 2.99. The molecule has 0 radical (unpaired) electrons. The van der Waals surface area contributed by atoms with Gasteiger partial charge in [0.25, 0.3) is 0 Å². The van der Waals surface area contributed by atoms with Gasteiger partial charge in [0.2, 0.25) is 0 Å². The van der Waals surface area contributed by atoms with E-state index in [0.29, 0.717) is 6.61 Å². The van der Waals surface area contributed by atoms with Gasteiger partial charge in [-0.1, -0.05) is 6.08 Å². The van der Waals surface area contributed by atoms with Crippen molar-refractivity contribution in [3.8, 4) is 0 Å². The monoisotopic (exact) mass is 128 g/mol. The Morgan fingerprint density at radius 1 is 1.78 bits per heavy atom. The number of rotatable bonds is 2. The van der Waals surface area contributed by atoms with Crippen LogP contribution in [0.1, 0.15) is 12.8 Å². The van der Waals surface area contributed by atoms with Crippen molar-refractivity contribution >= 4 is 0 Å². The molecule has 0 spiro atoms. The van der Waals surface area contributed by atoms with Crippen LogP contribution >= 0.6 is 0 Å². The van der Waals surface area contributed by atoms with Crippen molar-refractivity contribution in [1.82, 2.24) is 0 Å². The van der Waals surface area contributed by atoms with E-state index in [4.69, 9.17) is 9.84 Å². The Morgan fingerprint density at radius 3 is 3.00 bits per heavy atom. The Balaban J connectivity index is 2.30. The van der Waals surface area contributed by atoms with Gasteiger partial charge >= 0.3 is 0 Å². The van der Waals surface area contributed by atoms with E-state index >= 15 is 0 Å². The zero-order chi connectivity index (χ0) is 6.69. The van der Waals surface area contributed by atoms with Gasteiger partial charge in [0.15, 0.2) is 0 Å². The molecule has 1 rings (SSSR count). The average Bonchev–Trinajstić information content (AvgIpc) is 2.18. The van der Waals surface area contributed by atoms with E-state index in [2.05, 4.69) is 6.58 Å². The van der Waals surface area contributed by atoms with E-state index in [1.54, 1.807) is 6.08 Å². The van der Waals surface area contributed by atoms with Crippen LogP contribution in [0.5, 0.6) is 0 Å². The molecule has 2 heteroatoms. The first-order valence-electron chi connectivity index (χ1n) is 3.25. The molecule has 0 aromatic carbocycles. The molecule has 0 aromatic rings. The molecule has 1 fully saturated rings. The second-order valence-corrected chi connectivity index (χ2v) is 2.29. The summed E-state index contributed by atoms with van der Waals surface area (Å²) in [5, 5.41) is 9.15. The lowest BCUT2D eigenvalue weighted by atomic mass is 10.1. The summed E-state index contributed by atoms with van der Waals surface area (Å²) >= 11 is 0. The summed E-state index contributed by atoms with van der Waals surface area (Å²) in [5.41, 5.74) is 0. The summed E-state index contributed by atoms with van der Waals surface area (Å²) in [4.78, 5) is 0. The molecular weight excluding hydrogens is 116 g/mol. The molecular formula is C7H12O2. The topological polar surface area (TPSA) is 29.5 Å². The van der Waals surface area contributed by atoms with E-state index in [-0.39, 0.29) is 12.2 Å². The number of hydrogen-bond acceptors (Lipinski definition) is 2. The molecule has 1 aliphatic rings. The van der Waals surface area contributed by atoms with E-state index in [1.165, 1.54) is 0 Å². The molecule has 1 heterocycles. The second-order valence-electron chi connectivity index (χ2n) is 2.29. The molecule has 0 unspecified atom stereocenters. The molecule has 1 saturated heterocycles. The quantitative estimate of drug-likeness (QED) is 0.555. The zero-order valence-electron chi connectivity index (χ0n) is 5.42. The highest BCUT2D eigenvalue weighted by molar-refractivity contribution is 4.82. The molecule has 2 atom stereocenters. The molecule has 9 heavy (non-hydrogen) atoms. The predicted octanol–water partition coefficient (Wildman–Crippen LogP) is 0.712. The highest BCUT2D eigenvalue weighted by Gasteiger charge is 2.24. The minimum atomic E-state index is -0.261. The third kappa shape index (κ3) is 1.53. The van der Waals surface area contributed by atoms with Gasteiger partial charge in [-0.2, -0.15) is 0 Å². The lowest BCUT2D eigenvalue weighted by Crippen LogP contribution is -2.19. The van der Waals surface area contributed by atoms with Crippen molar-refractivity contribution in [2.45, 2.75) is 25.0 Å². The van der Waals surface area contributed by atoms with Crippen LogP contribution < -0.4 is 0 Å². The van der Waals surface area contributed by atoms with Gasteiger partial charge in [-0.05, 0) is 12.8 Å². The van der Waals surface area contributed by atoms with Crippen LogP contribution in [-0.4, -0.2) is 23.9 Å². The fourth-order valence-electron chi connectivity index (χ4n) is 1.03. The van der Waals surface area contributed by atoms with Crippen molar-refractivity contribution in [3.63, 3.8) is 0 Å². The lowest BCUT2D eigenvalue weighted by Gasteiger charge is -2.09. The predicted molar refractivity (Wildman–Crippen MR) is 35.2 cm³/mol. The van der Waals surface area contributed by atoms with Crippen LogP contribution in [0.15, 0.2) is 12.7 Å². The Morgan fingerprint density at radius 2 is 2.56 bits per heavy atom. The maximum Gasteiger partial charge on any atom is 0.0868 e. The minimum absolute atomic E-state index is 0.0162. The molecule has 0 bridgehead atoms. The standard InChI is InChI=1S/C7H12O2/c1-2-3-7-6(8)4-5-9-7/h2,6-8H,1,3-5H2/t6-,7+/m0/s1. The Bertz CT molecular complexity index is 101. The van der Waals surface area contributed by atoms with Crippen LogP contribution in [0.3, 0.4) is 0 Å². The number of aliphatic hydroxyl groups excluding tert-OH is 1. The van der Waals surface area contributed by atoms with Crippen LogP contribution in [0.4, 0.5) is 0 Å². The molecule has 0 saturated carbocycles. The number of aliphatic hydroxyl groups is 1. The SMILES string of the molecule is C=CC[C@H]1OCC[C@@H]1O. The van der Waals surface area contributed by atoms with E-state index in [9.17, 15) is 0 Å². The summed E-state index contributed by atoms with van der Waals surface area (Å²) in [6, 6.07) is 0. The van der Waals surface area contributed by atoms with Crippen LogP contribution in [0.2, 0.25) is 0 Å². The number of ether oxygens (including phenoxy) is 1. The summed E-state index contributed by atoms with van der Waals surface area (Å²) in [6.45, 7) is 4.26. The van der Waals surface area contributed by atoms with Crippen molar-refractivity contribution in [2.75, 3.05) is 6.61 Å². The molecule has 1 N–H and O–H groups in total. The Hall–Kier alpha value is -0.340. The normalized spacial score (nSPS) is 34.8. The molecule has 0 aromatic heterocycles. The Labute approximate surface area is 55.1 Å². The number of hydrogen-bond donors (Lipinski definition) is 1. The van der Waals surface area contributed by atoms with Gasteiger partial charge in [-0.25, -0.2) is 0 Å². The maximum absolute atomic E-state index is 9.15. The lowest BCUT2D eigenvalue weighted by molar-refractivity contribution is 0.0448. The molecule has 0 amide bonds. The fourth-order valence-corrected chi connectivity index (χ4v) is 1.03. The first-order valence-corrected chi connectivity index (χ1v) is 3.25. The smallest absolute Gasteiger partial charge is 0.0868 e. The zero-order valence-corrected chi connectivity index (χ0v) is 5.42. The van der Waals surface area contributed by atoms with Crippen LogP contribution in [0.25, 0.3) is 0 Å². The highest BCUT2D eigenvalue weighted by atomic mass is 16.5. The van der Waals surface area contributed by atoms with Crippen LogP contribution in [0, 0.1) is 0 Å². The van der Waals surface area contributed by atoms with Gasteiger partial charge in [0.1, 0.15) is 0 Å². The highest BCUT2D eigenvalue weighted by Crippen LogP contribution is 2.15. The van der Waals surface area contributed by atoms with Gasteiger partial charge in [-0.3, -0.25) is 0 Å². The largest absolute Gasteiger partial charge is 0.390 e. The van der Waals surface area contributed by atoms with Crippen molar-refractivity contribution in [2.24, 2.45) is 0 Å². The van der Waals surface area contributed by atoms with E-state index in [0.717, 1.165) is 12.8 Å². The molecule has 0 aliphatic carbocycles. The first kappa shape index (κ1) is 6.78. The summed E-state index contributed by atoms with van der Waals surface area (Å²) in [6.07, 6.45) is 3.07. The van der Waals surface area contributed by atoms with E-state index < -0.39 is 0 Å². The van der Waals surface area contributed by atoms with Crippen molar-refractivity contribution in [3.05, 3.63) is 12.7 Å². The van der Waals surface area contributed by atoms with Crippen LogP contribution in [-0.2, 0) is 4.74 Å². The van der Waals surface area contributed by atoms with Crippen molar-refractivity contribution in [1.29, 1.82) is 0 Å². The summed E-state index contributed by atoms with van der Waals surface area (Å²) in [5.74, 6) is 0. The van der Waals surface area contributed by atoms with E-state index in [1.807, 2.05) is 0 Å². The van der Waals surface area contributed by atoms with Gasteiger partial charge in [0, 0.05) is 6.61 Å². The van der Waals surface area contributed by atoms with Gasteiger partial charge < -0.3 is 9.84 Å². The molecule has 52 valence electrons. The van der Waals surface area contributed by atoms with Crippen molar-refractivity contribution < 1.29 is 9.84 Å². The minimum Gasteiger partial charge on any atom is -0.390 e. The maximum atomic E-state index is 9.15. The summed E-state index contributed by atoms with van der Waals surface area (Å²) < 4.78 is 5.18. The Kier molecular flexibility index (Phi) is 2.25. The fraction of sp³-hybridized carbons (Fsp3) is 0.714. The first-order chi connectivity index (χ1) is 4.34. The third-order valence-electron chi connectivity index (χ3n) is 1.57.